The van der Waals surface area contributed by atoms with E-state index in [1.165, 1.54) is 0 Å². The Morgan fingerprint density at radius 1 is 1.18 bits per heavy atom. The van der Waals surface area contributed by atoms with Crippen LogP contribution < -0.4 is 5.32 Å². The van der Waals surface area contributed by atoms with E-state index in [0.717, 1.165) is 53.7 Å². The number of nitrogens with one attached hydrogen (secondary N) is 1. The topological polar surface area (TPSA) is 82.5 Å². The fraction of sp³-hybridized carbons (Fsp3) is 0.500. The van der Waals surface area contributed by atoms with Crippen molar-refractivity contribution in [1.82, 2.24) is 15.2 Å². The number of rotatable bonds is 2. The summed E-state index contributed by atoms with van der Waals surface area (Å²) < 4.78 is 0. The Morgan fingerprint density at radius 2 is 1.89 bits per heavy atom. The average molecular weight is 381 g/mol. The molecule has 0 aliphatic carbocycles. The number of fused-ring (bicyclic) bond motifs is 1. The molecule has 1 spiro atoms. The smallest absolute Gasteiger partial charge is 0.326 e. The summed E-state index contributed by atoms with van der Waals surface area (Å²) in [7, 11) is 0. The third kappa shape index (κ3) is 3.15. The van der Waals surface area contributed by atoms with Gasteiger partial charge in [0.15, 0.2) is 0 Å². The number of likely N-dealkylation sites (tertiary alicyclic amines) is 1. The zero-order chi connectivity index (χ0) is 20.1. The van der Waals surface area contributed by atoms with Gasteiger partial charge >= 0.3 is 5.97 Å². The number of hydrogen-bond acceptors (Lipinski definition) is 4. The van der Waals surface area contributed by atoms with Gasteiger partial charge in [0.2, 0.25) is 0 Å². The van der Waals surface area contributed by atoms with Crippen molar-refractivity contribution in [1.29, 1.82) is 0 Å². The largest absolute Gasteiger partial charge is 0.480 e. The second-order valence-corrected chi connectivity index (χ2v) is 8.53. The van der Waals surface area contributed by atoms with E-state index in [2.05, 4.69) is 10.3 Å². The van der Waals surface area contributed by atoms with Gasteiger partial charge in [-0.25, -0.2) is 4.79 Å². The molecule has 2 fully saturated rings. The number of aliphatic carboxylic acids is 1. The number of amides is 1. The molecule has 2 aromatic rings. The molecular formula is C22H27N3O3. The van der Waals surface area contributed by atoms with Crippen molar-refractivity contribution >= 4 is 22.8 Å². The van der Waals surface area contributed by atoms with E-state index < -0.39 is 12.0 Å². The number of carboxylic acids is 1. The Morgan fingerprint density at radius 3 is 2.57 bits per heavy atom. The molecule has 0 saturated carbocycles. The zero-order valence-electron chi connectivity index (χ0n) is 16.7. The molecule has 1 unspecified atom stereocenters. The van der Waals surface area contributed by atoms with Crippen LogP contribution in [0.2, 0.25) is 0 Å². The predicted octanol–water partition coefficient (Wildman–Crippen LogP) is 2.83. The monoisotopic (exact) mass is 381 g/mol. The van der Waals surface area contributed by atoms with E-state index in [9.17, 15) is 14.7 Å². The highest BCUT2D eigenvalue weighted by atomic mass is 16.4. The van der Waals surface area contributed by atoms with Crippen LogP contribution in [0.4, 0.5) is 0 Å². The van der Waals surface area contributed by atoms with Crippen LogP contribution in [0.15, 0.2) is 18.2 Å². The first-order chi connectivity index (χ1) is 13.3. The summed E-state index contributed by atoms with van der Waals surface area (Å²) >= 11 is 0. The summed E-state index contributed by atoms with van der Waals surface area (Å²) in [5.41, 5.74) is 4.13. The van der Waals surface area contributed by atoms with Crippen molar-refractivity contribution in [2.45, 2.75) is 46.1 Å². The van der Waals surface area contributed by atoms with E-state index in [1.807, 2.05) is 32.9 Å². The van der Waals surface area contributed by atoms with Crippen molar-refractivity contribution in [2.24, 2.45) is 5.41 Å². The normalized spacial score (nSPS) is 21.4. The van der Waals surface area contributed by atoms with Crippen LogP contribution in [0, 0.1) is 26.2 Å². The van der Waals surface area contributed by atoms with Gasteiger partial charge in [0.1, 0.15) is 6.04 Å². The van der Waals surface area contributed by atoms with Crippen molar-refractivity contribution in [3.8, 4) is 0 Å². The number of nitrogens with zero attached hydrogens (tertiary/aromatic N) is 2. The second kappa shape index (κ2) is 6.85. The van der Waals surface area contributed by atoms with Gasteiger partial charge in [0.25, 0.3) is 5.91 Å². The maximum absolute atomic E-state index is 13.6. The molecule has 6 nitrogen and oxygen atoms in total. The van der Waals surface area contributed by atoms with Gasteiger partial charge in [-0.1, -0.05) is 6.07 Å². The quantitative estimate of drug-likeness (QED) is 0.836. The average Bonchev–Trinajstić information content (AvgIpc) is 2.99. The van der Waals surface area contributed by atoms with Gasteiger partial charge in [-0.3, -0.25) is 9.78 Å². The van der Waals surface area contributed by atoms with E-state index in [0.29, 0.717) is 18.5 Å². The Bertz CT molecular complexity index is 958. The molecule has 2 aliphatic heterocycles. The maximum atomic E-state index is 13.6. The van der Waals surface area contributed by atoms with E-state index in [4.69, 9.17) is 0 Å². The van der Waals surface area contributed by atoms with Crippen LogP contribution in [0.1, 0.15) is 46.4 Å². The number of aromatic nitrogens is 1. The van der Waals surface area contributed by atoms with Gasteiger partial charge < -0.3 is 15.3 Å². The number of carboxylic acid groups (broad SMARTS) is 1. The molecule has 4 rings (SSSR count). The molecule has 3 heterocycles. The zero-order valence-corrected chi connectivity index (χ0v) is 16.7. The molecular weight excluding hydrogens is 354 g/mol. The van der Waals surface area contributed by atoms with Crippen LogP contribution in [0.5, 0.6) is 0 Å². The molecule has 1 aromatic heterocycles. The minimum atomic E-state index is -0.911. The summed E-state index contributed by atoms with van der Waals surface area (Å²) in [6, 6.07) is 5.07. The molecule has 28 heavy (non-hydrogen) atoms. The van der Waals surface area contributed by atoms with Gasteiger partial charge in [-0.2, -0.15) is 0 Å². The van der Waals surface area contributed by atoms with Gasteiger partial charge in [-0.05, 0) is 81.8 Å². The Kier molecular flexibility index (Phi) is 4.62. The first-order valence-electron chi connectivity index (χ1n) is 9.93. The molecule has 148 valence electrons. The maximum Gasteiger partial charge on any atom is 0.326 e. The fourth-order valence-electron chi connectivity index (χ4n) is 5.02. The van der Waals surface area contributed by atoms with Crippen molar-refractivity contribution < 1.29 is 14.7 Å². The molecule has 1 aromatic carbocycles. The van der Waals surface area contributed by atoms with Crippen molar-refractivity contribution in [3.63, 3.8) is 0 Å². The summed E-state index contributed by atoms with van der Waals surface area (Å²) in [5.74, 6) is -1.10. The predicted molar refractivity (Wildman–Crippen MR) is 108 cm³/mol. The number of hydrogen-bond donors (Lipinski definition) is 2. The number of aryl methyl sites for hydroxylation is 3. The lowest BCUT2D eigenvalue weighted by molar-refractivity contribution is -0.141. The minimum absolute atomic E-state index is 0.0898. The van der Waals surface area contributed by atoms with Crippen molar-refractivity contribution in [2.75, 3.05) is 19.6 Å². The molecule has 1 atom stereocenters. The van der Waals surface area contributed by atoms with Crippen LogP contribution in [-0.4, -0.2) is 52.5 Å². The Balaban J connectivity index is 1.79. The number of carbonyl (C=O) groups is 2. The van der Waals surface area contributed by atoms with Gasteiger partial charge in [0.05, 0.1) is 11.1 Å². The van der Waals surface area contributed by atoms with E-state index in [1.54, 1.807) is 11.0 Å². The lowest BCUT2D eigenvalue weighted by Crippen LogP contribution is -2.42. The Hall–Kier alpha value is -2.47. The van der Waals surface area contributed by atoms with Crippen LogP contribution in [0.25, 0.3) is 10.9 Å². The number of carbonyl (C=O) groups excluding carboxylic acids is 1. The number of piperidine rings is 1. The lowest BCUT2D eigenvalue weighted by Gasteiger charge is -2.33. The van der Waals surface area contributed by atoms with Gasteiger partial charge in [0, 0.05) is 17.6 Å². The van der Waals surface area contributed by atoms with Crippen LogP contribution >= 0.6 is 0 Å². The standard InChI is InChI=1S/C22H27N3O3/c1-13-8-14(2)19-16(10-15(3)24-17(19)9-13)20(26)25-12-22(4-6-23-7-5-22)11-18(25)21(27)28/h8-10,18,23H,4-7,11-12H2,1-3H3,(H,27,28). The summed E-state index contributed by atoms with van der Waals surface area (Å²) in [6.45, 7) is 8.14. The van der Waals surface area contributed by atoms with E-state index in [-0.39, 0.29) is 11.3 Å². The third-order valence-electron chi connectivity index (χ3n) is 6.33. The highest BCUT2D eigenvalue weighted by Gasteiger charge is 2.49. The van der Waals surface area contributed by atoms with E-state index >= 15 is 0 Å². The molecule has 0 radical (unpaired) electrons. The van der Waals surface area contributed by atoms with Gasteiger partial charge in [-0.15, -0.1) is 0 Å². The SMILES string of the molecule is Cc1cc(C)c2c(C(=O)N3CC4(CCNCC4)CC3C(=O)O)cc(C)nc2c1. The second-order valence-electron chi connectivity index (χ2n) is 8.53. The lowest BCUT2D eigenvalue weighted by atomic mass is 9.77. The minimum Gasteiger partial charge on any atom is -0.480 e. The number of benzene rings is 1. The molecule has 0 bridgehead atoms. The third-order valence-corrected chi connectivity index (χ3v) is 6.33. The highest BCUT2D eigenvalue weighted by molar-refractivity contribution is 6.08. The van der Waals surface area contributed by atoms with Crippen LogP contribution in [-0.2, 0) is 4.79 Å². The highest BCUT2D eigenvalue weighted by Crippen LogP contribution is 2.43. The number of pyridine rings is 1. The fourth-order valence-corrected chi connectivity index (χ4v) is 5.02. The summed E-state index contributed by atoms with van der Waals surface area (Å²) in [6.07, 6.45) is 2.36. The molecule has 1 amide bonds. The van der Waals surface area contributed by atoms with Crippen molar-refractivity contribution in [3.05, 3.63) is 40.6 Å². The van der Waals surface area contributed by atoms with Crippen LogP contribution in [0.3, 0.4) is 0 Å². The molecule has 2 N–H and O–H groups in total. The molecule has 6 heteroatoms. The first-order valence-corrected chi connectivity index (χ1v) is 9.93. The first kappa shape index (κ1) is 18.9. The summed E-state index contributed by atoms with van der Waals surface area (Å²) in [4.78, 5) is 31.8. The molecule has 2 saturated heterocycles. The molecule has 2 aliphatic rings. The Labute approximate surface area is 164 Å². The summed E-state index contributed by atoms with van der Waals surface area (Å²) in [5, 5.41) is 14.0.